The van der Waals surface area contributed by atoms with Gasteiger partial charge in [-0.05, 0) is 42.3 Å². The van der Waals surface area contributed by atoms with Gasteiger partial charge in [0.25, 0.3) is 0 Å². The first kappa shape index (κ1) is 12.3. The Hall–Kier alpha value is -1.19. The topological polar surface area (TPSA) is 38.9 Å². The molecule has 0 aliphatic heterocycles. The number of thioether (sulfide) groups is 1. The number of hydrogen-bond donors (Lipinski definition) is 1. The van der Waals surface area contributed by atoms with Crippen LogP contribution in [0, 0.1) is 6.92 Å². The molecule has 2 N–H and O–H groups in total. The SMILES string of the molecule is Cc1cc(SCc2ccncc2Cl)ccc1N. The second kappa shape index (κ2) is 5.43. The Labute approximate surface area is 110 Å². The van der Waals surface area contributed by atoms with Gasteiger partial charge in [-0.3, -0.25) is 4.98 Å². The van der Waals surface area contributed by atoms with E-state index in [-0.39, 0.29) is 0 Å². The molecule has 0 radical (unpaired) electrons. The van der Waals surface area contributed by atoms with E-state index in [0.717, 1.165) is 22.6 Å². The van der Waals surface area contributed by atoms with Crippen LogP contribution in [0.15, 0.2) is 41.6 Å². The van der Waals surface area contributed by atoms with E-state index < -0.39 is 0 Å². The van der Waals surface area contributed by atoms with E-state index in [2.05, 4.69) is 11.1 Å². The van der Waals surface area contributed by atoms with E-state index in [4.69, 9.17) is 17.3 Å². The third-order valence-electron chi connectivity index (χ3n) is 2.49. The number of rotatable bonds is 3. The quantitative estimate of drug-likeness (QED) is 0.675. The molecule has 0 bridgehead atoms. The lowest BCUT2D eigenvalue weighted by Gasteiger charge is -2.06. The lowest BCUT2D eigenvalue weighted by Crippen LogP contribution is -1.89. The molecule has 2 nitrogen and oxygen atoms in total. The van der Waals surface area contributed by atoms with E-state index in [1.165, 1.54) is 4.90 Å². The highest BCUT2D eigenvalue weighted by Gasteiger charge is 2.02. The van der Waals surface area contributed by atoms with E-state index in [0.29, 0.717) is 5.02 Å². The highest BCUT2D eigenvalue weighted by molar-refractivity contribution is 7.98. The fraction of sp³-hybridized carbons (Fsp3) is 0.154. The molecule has 88 valence electrons. The van der Waals surface area contributed by atoms with Gasteiger partial charge in [0.1, 0.15) is 0 Å². The number of benzene rings is 1. The highest BCUT2D eigenvalue weighted by atomic mass is 35.5. The van der Waals surface area contributed by atoms with E-state index in [9.17, 15) is 0 Å². The van der Waals surface area contributed by atoms with Crippen molar-refractivity contribution in [2.75, 3.05) is 5.73 Å². The summed E-state index contributed by atoms with van der Waals surface area (Å²) in [4.78, 5) is 5.17. The zero-order valence-electron chi connectivity index (χ0n) is 9.48. The van der Waals surface area contributed by atoms with Crippen molar-refractivity contribution in [3.05, 3.63) is 52.8 Å². The predicted octanol–water partition coefficient (Wildman–Crippen LogP) is 3.92. The van der Waals surface area contributed by atoms with Gasteiger partial charge in [-0.2, -0.15) is 0 Å². The van der Waals surface area contributed by atoms with Crippen molar-refractivity contribution in [3.63, 3.8) is 0 Å². The standard InChI is InChI=1S/C13H13ClN2S/c1-9-6-11(2-3-13(9)15)17-8-10-4-5-16-7-12(10)14/h2-7H,8,15H2,1H3. The van der Waals surface area contributed by atoms with Crippen LogP contribution < -0.4 is 5.73 Å². The van der Waals surface area contributed by atoms with Crippen LogP contribution in [-0.2, 0) is 5.75 Å². The number of halogens is 1. The molecule has 1 aromatic carbocycles. The van der Waals surface area contributed by atoms with Crippen molar-refractivity contribution in [1.82, 2.24) is 4.98 Å². The lowest BCUT2D eigenvalue weighted by molar-refractivity contribution is 1.27. The summed E-state index contributed by atoms with van der Waals surface area (Å²) in [6, 6.07) is 8.00. The number of pyridine rings is 1. The van der Waals surface area contributed by atoms with E-state index in [1.54, 1.807) is 24.2 Å². The van der Waals surface area contributed by atoms with Crippen LogP contribution in [0.3, 0.4) is 0 Å². The van der Waals surface area contributed by atoms with Crippen molar-refractivity contribution in [1.29, 1.82) is 0 Å². The summed E-state index contributed by atoms with van der Waals surface area (Å²) in [5, 5.41) is 0.715. The smallest absolute Gasteiger partial charge is 0.0629 e. The number of aromatic nitrogens is 1. The van der Waals surface area contributed by atoms with Crippen LogP contribution in [0.5, 0.6) is 0 Å². The molecule has 1 heterocycles. The van der Waals surface area contributed by atoms with Crippen LogP contribution in [0.1, 0.15) is 11.1 Å². The van der Waals surface area contributed by atoms with Crippen LogP contribution in [0.4, 0.5) is 5.69 Å². The maximum atomic E-state index is 6.05. The molecule has 4 heteroatoms. The molecule has 0 unspecified atom stereocenters. The number of anilines is 1. The average molecular weight is 265 g/mol. The van der Waals surface area contributed by atoms with Gasteiger partial charge in [-0.25, -0.2) is 0 Å². The molecule has 0 amide bonds. The maximum Gasteiger partial charge on any atom is 0.0629 e. The third-order valence-corrected chi connectivity index (χ3v) is 3.87. The van der Waals surface area contributed by atoms with Gasteiger partial charge in [-0.1, -0.05) is 11.6 Å². The summed E-state index contributed by atoms with van der Waals surface area (Å²) >= 11 is 7.79. The fourth-order valence-corrected chi connectivity index (χ4v) is 2.68. The summed E-state index contributed by atoms with van der Waals surface area (Å²) in [5.41, 5.74) is 8.82. The number of nitrogen functional groups attached to an aromatic ring is 1. The Balaban J connectivity index is 2.08. The Morgan fingerprint density at radius 1 is 1.35 bits per heavy atom. The van der Waals surface area contributed by atoms with Crippen molar-refractivity contribution >= 4 is 29.1 Å². The molecule has 0 fully saturated rings. The molecule has 0 aliphatic carbocycles. The van der Waals surface area contributed by atoms with Crippen molar-refractivity contribution in [2.24, 2.45) is 0 Å². The van der Waals surface area contributed by atoms with Gasteiger partial charge in [0.15, 0.2) is 0 Å². The monoisotopic (exact) mass is 264 g/mol. The molecule has 0 aliphatic rings. The molecule has 0 saturated carbocycles. The van der Waals surface area contributed by atoms with Crippen LogP contribution in [0.2, 0.25) is 5.02 Å². The third kappa shape index (κ3) is 3.14. The van der Waals surface area contributed by atoms with Gasteiger partial charge >= 0.3 is 0 Å². The first-order valence-electron chi connectivity index (χ1n) is 5.24. The number of nitrogens with two attached hydrogens (primary N) is 1. The second-order valence-electron chi connectivity index (χ2n) is 3.77. The van der Waals surface area contributed by atoms with Gasteiger partial charge < -0.3 is 5.73 Å². The van der Waals surface area contributed by atoms with Gasteiger partial charge in [0.05, 0.1) is 5.02 Å². The van der Waals surface area contributed by atoms with Crippen molar-refractivity contribution < 1.29 is 0 Å². The summed E-state index contributed by atoms with van der Waals surface area (Å²) in [7, 11) is 0. The van der Waals surface area contributed by atoms with Crippen LogP contribution in [-0.4, -0.2) is 4.98 Å². The lowest BCUT2D eigenvalue weighted by atomic mass is 10.2. The first-order chi connectivity index (χ1) is 8.16. The zero-order valence-corrected chi connectivity index (χ0v) is 11.1. The summed E-state index contributed by atoms with van der Waals surface area (Å²) < 4.78 is 0. The zero-order chi connectivity index (χ0) is 12.3. The Morgan fingerprint density at radius 2 is 2.18 bits per heavy atom. The van der Waals surface area contributed by atoms with Crippen LogP contribution in [0.25, 0.3) is 0 Å². The predicted molar refractivity (Wildman–Crippen MR) is 74.4 cm³/mol. The number of hydrogen-bond acceptors (Lipinski definition) is 3. The van der Waals surface area contributed by atoms with Gasteiger partial charge in [0.2, 0.25) is 0 Å². The molecule has 2 rings (SSSR count). The summed E-state index contributed by atoms with van der Waals surface area (Å²) in [5.74, 6) is 0.838. The highest BCUT2D eigenvalue weighted by Crippen LogP contribution is 2.27. The van der Waals surface area contributed by atoms with E-state index in [1.807, 2.05) is 25.1 Å². The molecule has 0 saturated heterocycles. The minimum atomic E-state index is 0.715. The second-order valence-corrected chi connectivity index (χ2v) is 5.23. The summed E-state index contributed by atoms with van der Waals surface area (Å²) in [6.45, 7) is 2.01. The molecule has 17 heavy (non-hydrogen) atoms. The van der Waals surface area contributed by atoms with E-state index >= 15 is 0 Å². The largest absolute Gasteiger partial charge is 0.399 e. The van der Waals surface area contributed by atoms with Gasteiger partial charge in [-0.15, -0.1) is 11.8 Å². The van der Waals surface area contributed by atoms with Crippen LogP contribution >= 0.6 is 23.4 Å². The average Bonchev–Trinajstić information content (AvgIpc) is 2.32. The normalized spacial score (nSPS) is 10.5. The first-order valence-corrected chi connectivity index (χ1v) is 6.60. The molecular weight excluding hydrogens is 252 g/mol. The fourth-order valence-electron chi connectivity index (χ4n) is 1.42. The number of nitrogens with zero attached hydrogens (tertiary/aromatic N) is 1. The summed E-state index contributed by atoms with van der Waals surface area (Å²) in [6.07, 6.45) is 3.43. The number of aryl methyl sites for hydroxylation is 1. The minimum absolute atomic E-state index is 0.715. The van der Waals surface area contributed by atoms with Gasteiger partial charge in [0, 0.05) is 28.7 Å². The molecule has 1 aromatic heterocycles. The molecule has 0 spiro atoms. The molecule has 0 atom stereocenters. The maximum absolute atomic E-state index is 6.05. The Bertz CT molecular complexity index is 529. The Kier molecular flexibility index (Phi) is 3.92. The minimum Gasteiger partial charge on any atom is -0.399 e. The molecular formula is C13H13ClN2S. The van der Waals surface area contributed by atoms with Crippen molar-refractivity contribution in [3.8, 4) is 0 Å². The van der Waals surface area contributed by atoms with Crippen molar-refractivity contribution in [2.45, 2.75) is 17.6 Å². The molecule has 2 aromatic rings. The Morgan fingerprint density at radius 3 is 2.88 bits per heavy atom.